The van der Waals surface area contributed by atoms with E-state index in [2.05, 4.69) is 0 Å². The van der Waals surface area contributed by atoms with Crippen molar-refractivity contribution in [3.63, 3.8) is 0 Å². The SMILES string of the molecule is CCOc1cc(CO)ccc1OCCOC. The molecule has 0 aromatic heterocycles. The molecule has 0 aliphatic heterocycles. The standard InChI is InChI=1S/C12H18O4/c1-3-15-12-8-10(9-13)4-5-11(12)16-7-6-14-2/h4-5,8,13H,3,6-7,9H2,1-2H3. The highest BCUT2D eigenvalue weighted by molar-refractivity contribution is 5.42. The highest BCUT2D eigenvalue weighted by Crippen LogP contribution is 2.28. The Kier molecular flexibility index (Phi) is 5.67. The smallest absolute Gasteiger partial charge is 0.161 e. The minimum Gasteiger partial charge on any atom is -0.490 e. The van der Waals surface area contributed by atoms with Crippen LogP contribution in [0.1, 0.15) is 12.5 Å². The molecule has 0 spiro atoms. The van der Waals surface area contributed by atoms with Gasteiger partial charge in [0.15, 0.2) is 11.5 Å². The van der Waals surface area contributed by atoms with Gasteiger partial charge in [0.05, 0.1) is 19.8 Å². The Bertz CT molecular complexity index is 312. The Balaban J connectivity index is 2.72. The van der Waals surface area contributed by atoms with E-state index in [1.807, 2.05) is 13.0 Å². The van der Waals surface area contributed by atoms with Gasteiger partial charge < -0.3 is 19.3 Å². The van der Waals surface area contributed by atoms with Crippen LogP contribution in [0.5, 0.6) is 11.5 Å². The third-order valence-corrected chi connectivity index (χ3v) is 2.04. The van der Waals surface area contributed by atoms with Gasteiger partial charge in [0.1, 0.15) is 6.61 Å². The number of hydrogen-bond acceptors (Lipinski definition) is 4. The van der Waals surface area contributed by atoms with Crippen molar-refractivity contribution in [2.45, 2.75) is 13.5 Å². The summed E-state index contributed by atoms with van der Waals surface area (Å²) in [5.41, 5.74) is 0.808. The number of hydrogen-bond donors (Lipinski definition) is 1. The van der Waals surface area contributed by atoms with Crippen molar-refractivity contribution in [2.75, 3.05) is 26.9 Å². The summed E-state index contributed by atoms with van der Waals surface area (Å²) in [6.45, 7) is 3.49. The summed E-state index contributed by atoms with van der Waals surface area (Å²) in [5, 5.41) is 9.02. The van der Waals surface area contributed by atoms with Gasteiger partial charge in [0.2, 0.25) is 0 Å². The molecule has 0 radical (unpaired) electrons. The van der Waals surface area contributed by atoms with Crippen molar-refractivity contribution in [2.24, 2.45) is 0 Å². The molecule has 4 heteroatoms. The van der Waals surface area contributed by atoms with Gasteiger partial charge in [-0.15, -0.1) is 0 Å². The van der Waals surface area contributed by atoms with E-state index < -0.39 is 0 Å². The van der Waals surface area contributed by atoms with Crippen LogP contribution in [0.25, 0.3) is 0 Å². The number of rotatable bonds is 7. The summed E-state index contributed by atoms with van der Waals surface area (Å²) < 4.78 is 15.8. The van der Waals surface area contributed by atoms with E-state index in [9.17, 15) is 0 Å². The van der Waals surface area contributed by atoms with Gasteiger partial charge in [-0.1, -0.05) is 6.07 Å². The maximum Gasteiger partial charge on any atom is 0.161 e. The Hall–Kier alpha value is -1.26. The molecule has 4 nitrogen and oxygen atoms in total. The van der Waals surface area contributed by atoms with Crippen LogP contribution in [0.2, 0.25) is 0 Å². The molecule has 0 saturated carbocycles. The molecular formula is C12H18O4. The topological polar surface area (TPSA) is 47.9 Å². The van der Waals surface area contributed by atoms with E-state index in [1.54, 1.807) is 19.2 Å². The molecule has 0 fully saturated rings. The zero-order valence-corrected chi connectivity index (χ0v) is 9.73. The predicted octanol–water partition coefficient (Wildman–Crippen LogP) is 1.60. The maximum atomic E-state index is 9.02. The molecule has 0 atom stereocenters. The molecule has 1 N–H and O–H groups in total. The van der Waals surface area contributed by atoms with Gasteiger partial charge in [-0.25, -0.2) is 0 Å². The second kappa shape index (κ2) is 7.09. The summed E-state index contributed by atoms with van der Waals surface area (Å²) >= 11 is 0. The molecule has 1 aromatic rings. The first kappa shape index (κ1) is 12.8. The van der Waals surface area contributed by atoms with E-state index in [4.69, 9.17) is 19.3 Å². The van der Waals surface area contributed by atoms with Crippen molar-refractivity contribution < 1.29 is 19.3 Å². The molecule has 0 bridgehead atoms. The fraction of sp³-hybridized carbons (Fsp3) is 0.500. The third kappa shape index (κ3) is 3.72. The Morgan fingerprint density at radius 2 is 1.94 bits per heavy atom. The monoisotopic (exact) mass is 226 g/mol. The minimum atomic E-state index is -0.00156. The average molecular weight is 226 g/mol. The zero-order chi connectivity index (χ0) is 11.8. The summed E-state index contributed by atoms with van der Waals surface area (Å²) in [4.78, 5) is 0. The molecule has 1 rings (SSSR count). The van der Waals surface area contributed by atoms with Crippen molar-refractivity contribution in [3.05, 3.63) is 23.8 Å². The minimum absolute atomic E-state index is 0.00156. The van der Waals surface area contributed by atoms with Crippen molar-refractivity contribution in [3.8, 4) is 11.5 Å². The van der Waals surface area contributed by atoms with Gasteiger partial charge in [-0.2, -0.15) is 0 Å². The summed E-state index contributed by atoms with van der Waals surface area (Å²) in [6.07, 6.45) is 0. The van der Waals surface area contributed by atoms with Gasteiger partial charge in [0, 0.05) is 7.11 Å². The van der Waals surface area contributed by atoms with E-state index in [1.165, 1.54) is 0 Å². The zero-order valence-electron chi connectivity index (χ0n) is 9.73. The molecule has 1 aromatic carbocycles. The lowest BCUT2D eigenvalue weighted by atomic mass is 10.2. The Morgan fingerprint density at radius 3 is 2.56 bits per heavy atom. The molecule has 0 aliphatic rings. The van der Waals surface area contributed by atoms with Crippen LogP contribution in [-0.4, -0.2) is 32.0 Å². The van der Waals surface area contributed by atoms with Crippen LogP contribution in [0.3, 0.4) is 0 Å². The maximum absolute atomic E-state index is 9.02. The van der Waals surface area contributed by atoms with Gasteiger partial charge in [0.25, 0.3) is 0 Å². The molecule has 0 aliphatic carbocycles. The van der Waals surface area contributed by atoms with Crippen LogP contribution in [0, 0.1) is 0 Å². The predicted molar refractivity (Wildman–Crippen MR) is 60.9 cm³/mol. The second-order valence-corrected chi connectivity index (χ2v) is 3.21. The van der Waals surface area contributed by atoms with Crippen LogP contribution in [-0.2, 0) is 11.3 Å². The van der Waals surface area contributed by atoms with Gasteiger partial charge in [-0.05, 0) is 24.6 Å². The fourth-order valence-corrected chi connectivity index (χ4v) is 1.27. The van der Waals surface area contributed by atoms with Crippen LogP contribution >= 0.6 is 0 Å². The van der Waals surface area contributed by atoms with Crippen molar-refractivity contribution >= 4 is 0 Å². The quantitative estimate of drug-likeness (QED) is 0.717. The van der Waals surface area contributed by atoms with Crippen LogP contribution < -0.4 is 9.47 Å². The largest absolute Gasteiger partial charge is 0.490 e. The first-order valence-corrected chi connectivity index (χ1v) is 5.30. The number of ether oxygens (including phenoxy) is 3. The van der Waals surface area contributed by atoms with E-state index in [0.29, 0.717) is 31.3 Å². The summed E-state index contributed by atoms with van der Waals surface area (Å²) in [6, 6.07) is 5.39. The number of aliphatic hydroxyl groups excluding tert-OH is 1. The fourth-order valence-electron chi connectivity index (χ4n) is 1.27. The van der Waals surface area contributed by atoms with Gasteiger partial charge in [-0.3, -0.25) is 0 Å². The number of aliphatic hydroxyl groups is 1. The van der Waals surface area contributed by atoms with Gasteiger partial charge >= 0.3 is 0 Å². The Labute approximate surface area is 95.8 Å². The number of benzene rings is 1. The lowest BCUT2D eigenvalue weighted by Crippen LogP contribution is -2.06. The molecule has 0 saturated heterocycles. The van der Waals surface area contributed by atoms with E-state index in [0.717, 1.165) is 5.56 Å². The normalized spacial score (nSPS) is 10.2. The molecular weight excluding hydrogens is 208 g/mol. The van der Waals surface area contributed by atoms with E-state index >= 15 is 0 Å². The lowest BCUT2D eigenvalue weighted by Gasteiger charge is -2.12. The number of methoxy groups -OCH3 is 1. The van der Waals surface area contributed by atoms with Crippen LogP contribution in [0.4, 0.5) is 0 Å². The molecule has 90 valence electrons. The van der Waals surface area contributed by atoms with Crippen molar-refractivity contribution in [1.29, 1.82) is 0 Å². The third-order valence-electron chi connectivity index (χ3n) is 2.04. The highest BCUT2D eigenvalue weighted by atomic mass is 16.5. The van der Waals surface area contributed by atoms with Crippen molar-refractivity contribution in [1.82, 2.24) is 0 Å². The van der Waals surface area contributed by atoms with E-state index in [-0.39, 0.29) is 6.61 Å². The lowest BCUT2D eigenvalue weighted by molar-refractivity contribution is 0.143. The first-order valence-electron chi connectivity index (χ1n) is 5.30. The summed E-state index contributed by atoms with van der Waals surface area (Å²) in [5.74, 6) is 1.33. The molecule has 16 heavy (non-hydrogen) atoms. The second-order valence-electron chi connectivity index (χ2n) is 3.21. The first-order chi connectivity index (χ1) is 7.81. The average Bonchev–Trinajstić information content (AvgIpc) is 2.31. The molecule has 0 amide bonds. The Morgan fingerprint density at radius 1 is 1.12 bits per heavy atom. The summed E-state index contributed by atoms with van der Waals surface area (Å²) in [7, 11) is 1.63. The molecule has 0 unspecified atom stereocenters. The molecule has 0 heterocycles. The highest BCUT2D eigenvalue weighted by Gasteiger charge is 2.05. The van der Waals surface area contributed by atoms with Crippen LogP contribution in [0.15, 0.2) is 18.2 Å².